The third-order valence-corrected chi connectivity index (χ3v) is 4.81. The molecule has 0 saturated heterocycles. The first-order chi connectivity index (χ1) is 13.8. The highest BCUT2D eigenvalue weighted by Crippen LogP contribution is 2.14. The maximum Gasteiger partial charge on any atom is 0.251 e. The average Bonchev–Trinajstić information content (AvgIpc) is 2.95. The Bertz CT molecular complexity index is 859. The fraction of sp³-hybridized carbons (Fsp3) is 0.476. The summed E-state index contributed by atoms with van der Waals surface area (Å²) in [6.45, 7) is 7.27. The second-order valence-electron chi connectivity index (χ2n) is 7.01. The number of hydrogen-bond donors (Lipinski definition) is 3. The Morgan fingerprint density at radius 3 is 2.62 bits per heavy atom. The maximum absolute atomic E-state index is 12.2. The third-order valence-electron chi connectivity index (χ3n) is 4.81. The van der Waals surface area contributed by atoms with E-state index in [2.05, 4.69) is 39.9 Å². The molecule has 158 valence electrons. The molecule has 1 heterocycles. The Hall–Kier alpha value is -3.03. The fourth-order valence-electron chi connectivity index (χ4n) is 3.12. The van der Waals surface area contributed by atoms with Crippen LogP contribution in [-0.2, 0) is 13.5 Å². The predicted octanol–water partition coefficient (Wildman–Crippen LogP) is 1.57. The van der Waals surface area contributed by atoms with Crippen LogP contribution in [0.5, 0.6) is 5.75 Å². The van der Waals surface area contributed by atoms with Crippen molar-refractivity contribution in [3.05, 3.63) is 46.8 Å². The molecule has 3 N–H and O–H groups in total. The third kappa shape index (κ3) is 6.23. The van der Waals surface area contributed by atoms with Gasteiger partial charge in [-0.25, -0.2) is 0 Å². The summed E-state index contributed by atoms with van der Waals surface area (Å²) >= 11 is 0. The number of amides is 1. The first kappa shape index (κ1) is 22.3. The summed E-state index contributed by atoms with van der Waals surface area (Å²) in [5.41, 5.74) is 4.07. The van der Waals surface area contributed by atoms with Crippen molar-refractivity contribution in [1.29, 1.82) is 0 Å². The topological polar surface area (TPSA) is 92.6 Å². The summed E-state index contributed by atoms with van der Waals surface area (Å²) in [5, 5.41) is 14.0. The van der Waals surface area contributed by atoms with Gasteiger partial charge in [0.1, 0.15) is 5.75 Å². The minimum atomic E-state index is -0.135. The Balaban J connectivity index is 1.77. The summed E-state index contributed by atoms with van der Waals surface area (Å²) in [7, 11) is 5.28. The number of carbonyl (C=O) groups is 1. The van der Waals surface area contributed by atoms with E-state index in [0.29, 0.717) is 30.4 Å². The van der Waals surface area contributed by atoms with Crippen molar-refractivity contribution in [2.45, 2.75) is 33.2 Å². The van der Waals surface area contributed by atoms with Gasteiger partial charge in [0.05, 0.1) is 12.8 Å². The molecule has 1 unspecified atom stereocenters. The lowest BCUT2D eigenvalue weighted by Gasteiger charge is -2.18. The fourth-order valence-corrected chi connectivity index (χ4v) is 3.12. The molecule has 1 atom stereocenters. The number of aryl methyl sites for hydroxylation is 2. The van der Waals surface area contributed by atoms with Crippen molar-refractivity contribution >= 4 is 11.9 Å². The zero-order chi connectivity index (χ0) is 21.4. The van der Waals surface area contributed by atoms with E-state index in [4.69, 9.17) is 4.74 Å². The molecular weight excluding hydrogens is 368 g/mol. The van der Waals surface area contributed by atoms with E-state index in [0.717, 1.165) is 12.1 Å². The molecule has 0 radical (unpaired) electrons. The molecule has 2 aromatic rings. The number of nitrogens with zero attached hydrogens (tertiary/aromatic N) is 3. The van der Waals surface area contributed by atoms with E-state index in [1.54, 1.807) is 32.4 Å². The first-order valence-electron chi connectivity index (χ1n) is 9.74. The van der Waals surface area contributed by atoms with Crippen LogP contribution in [0.2, 0.25) is 0 Å². The number of hydrogen-bond acceptors (Lipinski definition) is 4. The summed E-state index contributed by atoms with van der Waals surface area (Å²) < 4.78 is 7.06. The highest BCUT2D eigenvalue weighted by molar-refractivity contribution is 5.94. The Morgan fingerprint density at radius 1 is 1.28 bits per heavy atom. The monoisotopic (exact) mass is 400 g/mol. The molecule has 0 aliphatic carbocycles. The van der Waals surface area contributed by atoms with Crippen LogP contribution in [0.1, 0.15) is 34.2 Å². The molecule has 1 amide bonds. The number of aromatic nitrogens is 2. The molecular formula is C21H32N6O2. The Labute approximate surface area is 172 Å². The number of ether oxygens (including phenoxy) is 1. The van der Waals surface area contributed by atoms with Crippen LogP contribution in [0.15, 0.2) is 29.3 Å². The van der Waals surface area contributed by atoms with E-state index < -0.39 is 0 Å². The SMILES string of the molecule is CN=C(NCCNC(=O)c1cccc(OC)c1)NC(C)Cc1c(C)nn(C)c1C. The molecule has 0 aliphatic heterocycles. The van der Waals surface area contributed by atoms with Gasteiger partial charge >= 0.3 is 0 Å². The molecule has 2 rings (SSSR count). The number of aliphatic imine (C=N–C) groups is 1. The molecule has 0 spiro atoms. The van der Waals surface area contributed by atoms with Crippen molar-refractivity contribution in [1.82, 2.24) is 25.7 Å². The van der Waals surface area contributed by atoms with Crippen LogP contribution in [-0.4, -0.2) is 54.9 Å². The molecule has 29 heavy (non-hydrogen) atoms. The standard InChI is InChI=1S/C21H32N6O2/c1-14(12-19-15(2)26-27(5)16(19)3)25-21(22-4)24-11-10-23-20(28)17-8-7-9-18(13-17)29-6/h7-9,13-14H,10-12H2,1-6H3,(H,23,28)(H2,22,24,25). The number of nitrogens with one attached hydrogen (secondary N) is 3. The minimum absolute atomic E-state index is 0.135. The van der Waals surface area contributed by atoms with Gasteiger partial charge in [0.25, 0.3) is 5.91 Å². The van der Waals surface area contributed by atoms with Crippen LogP contribution in [0.4, 0.5) is 0 Å². The first-order valence-corrected chi connectivity index (χ1v) is 9.74. The molecule has 0 bridgehead atoms. The summed E-state index contributed by atoms with van der Waals surface area (Å²) in [6, 6.07) is 7.27. The summed E-state index contributed by atoms with van der Waals surface area (Å²) in [6.07, 6.45) is 0.860. The zero-order valence-electron chi connectivity index (χ0n) is 18.2. The van der Waals surface area contributed by atoms with Crippen LogP contribution in [0.25, 0.3) is 0 Å². The molecule has 1 aromatic carbocycles. The quantitative estimate of drug-likeness (QED) is 0.355. The lowest BCUT2D eigenvalue weighted by Crippen LogP contribution is -2.45. The molecule has 8 nitrogen and oxygen atoms in total. The second-order valence-corrected chi connectivity index (χ2v) is 7.01. The number of guanidine groups is 1. The van der Waals surface area contributed by atoms with Crippen LogP contribution in [0, 0.1) is 13.8 Å². The van der Waals surface area contributed by atoms with Gasteiger partial charge in [0.2, 0.25) is 0 Å². The van der Waals surface area contributed by atoms with Gasteiger partial charge in [-0.1, -0.05) is 6.07 Å². The number of carbonyl (C=O) groups excluding carboxylic acids is 1. The van der Waals surface area contributed by atoms with Gasteiger partial charge in [0.15, 0.2) is 5.96 Å². The normalized spacial score (nSPS) is 12.4. The molecule has 1 aromatic heterocycles. The van der Waals surface area contributed by atoms with Gasteiger partial charge in [-0.15, -0.1) is 0 Å². The Kier molecular flexibility index (Phi) is 8.06. The smallest absolute Gasteiger partial charge is 0.251 e. The average molecular weight is 401 g/mol. The maximum atomic E-state index is 12.2. The zero-order valence-corrected chi connectivity index (χ0v) is 18.2. The number of rotatable bonds is 8. The van der Waals surface area contributed by atoms with Gasteiger partial charge in [-0.2, -0.15) is 5.10 Å². The Morgan fingerprint density at radius 2 is 2.00 bits per heavy atom. The lowest BCUT2D eigenvalue weighted by atomic mass is 10.1. The minimum Gasteiger partial charge on any atom is -0.497 e. The largest absolute Gasteiger partial charge is 0.497 e. The molecule has 0 fully saturated rings. The number of methoxy groups -OCH3 is 1. The van der Waals surface area contributed by atoms with E-state index in [9.17, 15) is 4.79 Å². The van der Waals surface area contributed by atoms with E-state index in [-0.39, 0.29) is 11.9 Å². The second kappa shape index (κ2) is 10.5. The lowest BCUT2D eigenvalue weighted by molar-refractivity contribution is 0.0954. The van der Waals surface area contributed by atoms with Crippen molar-refractivity contribution in [2.24, 2.45) is 12.0 Å². The summed E-state index contributed by atoms with van der Waals surface area (Å²) in [5.74, 6) is 1.23. The predicted molar refractivity (Wildman–Crippen MR) is 116 cm³/mol. The van der Waals surface area contributed by atoms with Crippen molar-refractivity contribution in [3.63, 3.8) is 0 Å². The number of benzene rings is 1. The molecule has 0 aliphatic rings. The van der Waals surface area contributed by atoms with Gasteiger partial charge in [0, 0.05) is 44.5 Å². The highest BCUT2D eigenvalue weighted by atomic mass is 16.5. The van der Waals surface area contributed by atoms with Gasteiger partial charge in [-0.3, -0.25) is 14.5 Å². The molecule has 0 saturated carbocycles. The van der Waals surface area contributed by atoms with Crippen molar-refractivity contribution < 1.29 is 9.53 Å². The highest BCUT2D eigenvalue weighted by Gasteiger charge is 2.14. The summed E-state index contributed by atoms with van der Waals surface area (Å²) in [4.78, 5) is 16.5. The van der Waals surface area contributed by atoms with E-state index in [1.807, 2.05) is 24.7 Å². The van der Waals surface area contributed by atoms with Crippen LogP contribution < -0.4 is 20.7 Å². The molecule has 8 heteroatoms. The van der Waals surface area contributed by atoms with Crippen molar-refractivity contribution in [2.75, 3.05) is 27.2 Å². The van der Waals surface area contributed by atoms with Crippen molar-refractivity contribution in [3.8, 4) is 5.75 Å². The van der Waals surface area contributed by atoms with E-state index in [1.165, 1.54) is 11.3 Å². The van der Waals surface area contributed by atoms with E-state index >= 15 is 0 Å². The van der Waals surface area contributed by atoms with Gasteiger partial charge < -0.3 is 20.7 Å². The van der Waals surface area contributed by atoms with Gasteiger partial charge in [-0.05, 0) is 51.0 Å². The van der Waals surface area contributed by atoms with Crippen LogP contribution in [0.3, 0.4) is 0 Å². The van der Waals surface area contributed by atoms with Crippen LogP contribution >= 0.6 is 0 Å².